The molecule has 0 spiro atoms. The fourth-order valence-corrected chi connectivity index (χ4v) is 3.87. The molecular weight excluding hydrogens is 509 g/mol. The molecule has 31 heavy (non-hydrogen) atoms. The summed E-state index contributed by atoms with van der Waals surface area (Å²) in [5.41, 5.74) is 1.41. The average Bonchev–Trinajstić information content (AvgIpc) is 2.74. The maximum absolute atomic E-state index is 12.0. The number of ether oxygens (including phenoxy) is 3. The molecule has 0 bridgehead atoms. The first-order chi connectivity index (χ1) is 14.3. The van der Waals surface area contributed by atoms with Crippen molar-refractivity contribution >= 4 is 35.9 Å². The van der Waals surface area contributed by atoms with E-state index < -0.39 is 5.97 Å². The third-order valence-electron chi connectivity index (χ3n) is 5.26. The molecule has 0 saturated carbocycles. The van der Waals surface area contributed by atoms with Gasteiger partial charge in [-0.05, 0) is 42.9 Å². The van der Waals surface area contributed by atoms with Gasteiger partial charge in [0.15, 0.2) is 5.96 Å². The number of esters is 1. The van der Waals surface area contributed by atoms with E-state index in [9.17, 15) is 4.79 Å². The highest BCUT2D eigenvalue weighted by Gasteiger charge is 2.35. The van der Waals surface area contributed by atoms with Crippen LogP contribution in [0.1, 0.15) is 56.5 Å². The number of guanidine groups is 1. The summed E-state index contributed by atoms with van der Waals surface area (Å²) < 4.78 is 16.2. The van der Waals surface area contributed by atoms with Crippen LogP contribution >= 0.6 is 24.0 Å². The van der Waals surface area contributed by atoms with Crippen molar-refractivity contribution in [2.24, 2.45) is 16.3 Å². The van der Waals surface area contributed by atoms with E-state index in [0.717, 1.165) is 44.1 Å². The average molecular weight is 547 g/mol. The van der Waals surface area contributed by atoms with Gasteiger partial charge in [-0.15, -0.1) is 24.0 Å². The van der Waals surface area contributed by atoms with Crippen molar-refractivity contribution in [1.82, 2.24) is 10.6 Å². The van der Waals surface area contributed by atoms with E-state index in [1.54, 1.807) is 12.1 Å². The summed E-state index contributed by atoms with van der Waals surface area (Å²) in [7, 11) is 2.90. The van der Waals surface area contributed by atoms with Crippen LogP contribution in [0.15, 0.2) is 23.2 Å². The largest absolute Gasteiger partial charge is 0.496 e. The number of carbonyl (C=O) groups is 1. The van der Waals surface area contributed by atoms with Gasteiger partial charge in [0.2, 0.25) is 0 Å². The SMILES string of the molecule is CCNC(=NCc1ccc(OC)c(C(=O)OC)c1)NCC1CCCOC1C(C)(C)C.I. The Kier molecular flexibility index (Phi) is 11.6. The van der Waals surface area contributed by atoms with Crippen LogP contribution in [0.2, 0.25) is 0 Å². The van der Waals surface area contributed by atoms with Crippen molar-refractivity contribution in [2.45, 2.75) is 53.2 Å². The molecule has 1 saturated heterocycles. The standard InChI is InChI=1S/C23H37N3O4.HI/c1-7-24-22(26-15-17-9-8-12-30-20(17)23(2,3)4)25-14-16-10-11-19(28-5)18(13-16)21(27)29-6;/h10-11,13,17,20H,7-9,12,14-15H2,1-6H3,(H2,24,25,26);1H. The summed E-state index contributed by atoms with van der Waals surface area (Å²) in [5.74, 6) is 1.26. The molecule has 0 aromatic heterocycles. The number of nitrogens with zero attached hydrogens (tertiary/aromatic N) is 1. The van der Waals surface area contributed by atoms with Crippen molar-refractivity contribution in [3.05, 3.63) is 29.3 Å². The van der Waals surface area contributed by atoms with Crippen molar-refractivity contribution in [2.75, 3.05) is 33.9 Å². The number of aliphatic imine (C=N–C) groups is 1. The van der Waals surface area contributed by atoms with Gasteiger partial charge in [0.05, 0.1) is 26.9 Å². The smallest absolute Gasteiger partial charge is 0.341 e. The van der Waals surface area contributed by atoms with Crippen LogP contribution in [0, 0.1) is 11.3 Å². The number of nitrogens with one attached hydrogen (secondary N) is 2. The van der Waals surface area contributed by atoms with Crippen LogP contribution < -0.4 is 15.4 Å². The minimum absolute atomic E-state index is 0. The molecule has 2 N–H and O–H groups in total. The highest BCUT2D eigenvalue weighted by atomic mass is 127. The maximum atomic E-state index is 12.0. The van der Waals surface area contributed by atoms with Gasteiger partial charge in [0, 0.05) is 25.6 Å². The molecule has 7 nitrogen and oxygen atoms in total. The van der Waals surface area contributed by atoms with Crippen LogP contribution in [0.25, 0.3) is 0 Å². The maximum Gasteiger partial charge on any atom is 0.341 e. The summed E-state index contributed by atoms with van der Waals surface area (Å²) in [4.78, 5) is 16.7. The fraction of sp³-hybridized carbons (Fsp3) is 0.652. The monoisotopic (exact) mass is 547 g/mol. The highest BCUT2D eigenvalue weighted by molar-refractivity contribution is 14.0. The van der Waals surface area contributed by atoms with E-state index in [1.807, 2.05) is 13.0 Å². The second-order valence-electron chi connectivity index (χ2n) is 8.66. The first kappa shape index (κ1) is 27.5. The van der Waals surface area contributed by atoms with E-state index in [0.29, 0.717) is 23.8 Å². The minimum atomic E-state index is -0.423. The van der Waals surface area contributed by atoms with Gasteiger partial charge in [-0.2, -0.15) is 0 Å². The van der Waals surface area contributed by atoms with E-state index in [-0.39, 0.29) is 35.5 Å². The molecule has 2 unspecified atom stereocenters. The molecule has 1 heterocycles. The molecule has 1 aromatic carbocycles. The van der Waals surface area contributed by atoms with Gasteiger partial charge in [-0.3, -0.25) is 0 Å². The lowest BCUT2D eigenvalue weighted by Gasteiger charge is -2.40. The molecule has 2 atom stereocenters. The Labute approximate surface area is 203 Å². The second-order valence-corrected chi connectivity index (χ2v) is 8.66. The first-order valence-corrected chi connectivity index (χ1v) is 10.7. The van der Waals surface area contributed by atoms with Crippen molar-refractivity contribution in [3.8, 4) is 5.75 Å². The Morgan fingerprint density at radius 3 is 2.61 bits per heavy atom. The van der Waals surface area contributed by atoms with Crippen LogP contribution in [0.4, 0.5) is 0 Å². The Balaban J connectivity index is 0.00000480. The number of rotatable bonds is 7. The molecule has 1 fully saturated rings. The normalized spacial score (nSPS) is 19.2. The van der Waals surface area contributed by atoms with Crippen molar-refractivity contribution in [3.63, 3.8) is 0 Å². The Morgan fingerprint density at radius 2 is 2.00 bits per heavy atom. The first-order valence-electron chi connectivity index (χ1n) is 10.7. The van der Waals surface area contributed by atoms with E-state index in [1.165, 1.54) is 14.2 Å². The lowest BCUT2D eigenvalue weighted by Crippen LogP contribution is -2.47. The zero-order chi connectivity index (χ0) is 22.1. The minimum Gasteiger partial charge on any atom is -0.496 e. The molecule has 8 heteroatoms. The molecule has 176 valence electrons. The molecule has 1 aliphatic heterocycles. The van der Waals surface area contributed by atoms with Crippen LogP contribution in [-0.4, -0.2) is 51.9 Å². The Bertz CT molecular complexity index is 734. The van der Waals surface area contributed by atoms with Crippen molar-refractivity contribution in [1.29, 1.82) is 0 Å². The zero-order valence-electron chi connectivity index (χ0n) is 19.6. The lowest BCUT2D eigenvalue weighted by atomic mass is 9.78. The van der Waals surface area contributed by atoms with Gasteiger partial charge < -0.3 is 24.8 Å². The fourth-order valence-electron chi connectivity index (χ4n) is 3.87. The van der Waals surface area contributed by atoms with E-state index in [4.69, 9.17) is 19.2 Å². The van der Waals surface area contributed by atoms with Crippen LogP contribution in [-0.2, 0) is 16.0 Å². The summed E-state index contributed by atoms with van der Waals surface area (Å²) in [6, 6.07) is 5.44. The molecule has 0 aliphatic carbocycles. The highest BCUT2D eigenvalue weighted by Crippen LogP contribution is 2.33. The number of carbonyl (C=O) groups excluding carboxylic acids is 1. The van der Waals surface area contributed by atoms with Gasteiger partial charge in [-0.25, -0.2) is 9.79 Å². The topological polar surface area (TPSA) is 81.2 Å². The summed E-state index contributed by atoms with van der Waals surface area (Å²) in [6.07, 6.45) is 2.47. The molecule has 0 radical (unpaired) electrons. The van der Waals surface area contributed by atoms with Crippen LogP contribution in [0.5, 0.6) is 5.75 Å². The number of halogens is 1. The Morgan fingerprint density at radius 1 is 1.26 bits per heavy atom. The third kappa shape index (κ3) is 8.14. The summed E-state index contributed by atoms with van der Waals surface area (Å²) in [5, 5.41) is 6.78. The van der Waals surface area contributed by atoms with Gasteiger partial charge in [0.25, 0.3) is 0 Å². The lowest BCUT2D eigenvalue weighted by molar-refractivity contribution is -0.0835. The van der Waals surface area contributed by atoms with Gasteiger partial charge in [-0.1, -0.05) is 26.8 Å². The molecular formula is C23H38IN3O4. The molecule has 2 rings (SSSR count). The second kappa shape index (κ2) is 13.1. The van der Waals surface area contributed by atoms with Gasteiger partial charge in [0.1, 0.15) is 11.3 Å². The van der Waals surface area contributed by atoms with E-state index in [2.05, 4.69) is 31.4 Å². The number of hydrogen-bond acceptors (Lipinski definition) is 5. The predicted molar refractivity (Wildman–Crippen MR) is 134 cm³/mol. The summed E-state index contributed by atoms with van der Waals surface area (Å²) in [6.45, 7) is 11.6. The van der Waals surface area contributed by atoms with Crippen LogP contribution in [0.3, 0.4) is 0 Å². The quantitative estimate of drug-likeness (QED) is 0.233. The molecule has 1 aromatic rings. The van der Waals surface area contributed by atoms with Crippen molar-refractivity contribution < 1.29 is 19.0 Å². The summed E-state index contributed by atoms with van der Waals surface area (Å²) >= 11 is 0. The number of methoxy groups -OCH3 is 2. The zero-order valence-corrected chi connectivity index (χ0v) is 21.9. The predicted octanol–water partition coefficient (Wildman–Crippen LogP) is 4.00. The molecule has 0 amide bonds. The van der Waals surface area contributed by atoms with E-state index >= 15 is 0 Å². The van der Waals surface area contributed by atoms with Gasteiger partial charge >= 0.3 is 5.97 Å². The Hall–Kier alpha value is -1.55. The number of benzene rings is 1. The third-order valence-corrected chi connectivity index (χ3v) is 5.26. The number of hydrogen-bond donors (Lipinski definition) is 2. The molecule has 1 aliphatic rings.